The van der Waals surface area contributed by atoms with Gasteiger partial charge in [0.2, 0.25) is 0 Å². The molecule has 0 spiro atoms. The van der Waals surface area contributed by atoms with Crippen molar-refractivity contribution in [3.63, 3.8) is 0 Å². The van der Waals surface area contributed by atoms with Gasteiger partial charge in [0, 0.05) is 10.5 Å². The van der Waals surface area contributed by atoms with E-state index in [9.17, 15) is 10.0 Å². The van der Waals surface area contributed by atoms with Crippen LogP contribution in [0.5, 0.6) is 5.75 Å². The number of benzene rings is 2. The molecule has 16 heavy (non-hydrogen) atoms. The molecule has 82 valence electrons. The fourth-order valence-electron chi connectivity index (χ4n) is 1.75. The first-order valence-corrected chi connectivity index (χ1v) is 5.13. The third kappa shape index (κ3) is 1.87. The van der Waals surface area contributed by atoms with E-state index in [2.05, 4.69) is 0 Å². The van der Waals surface area contributed by atoms with E-state index in [4.69, 9.17) is 16.3 Å². The van der Waals surface area contributed by atoms with Gasteiger partial charge >= 0.3 is 7.12 Å². The molecule has 3 nitrogen and oxygen atoms in total. The maximum absolute atomic E-state index is 9.35. The van der Waals surface area contributed by atoms with Gasteiger partial charge in [-0.05, 0) is 29.0 Å². The summed E-state index contributed by atoms with van der Waals surface area (Å²) in [5.74, 6) is 0.449. The largest absolute Gasteiger partial charge is 0.497 e. The van der Waals surface area contributed by atoms with Crippen molar-refractivity contribution in [3.05, 3.63) is 35.4 Å². The molecule has 0 heterocycles. The molecule has 0 amide bonds. The third-order valence-corrected chi connectivity index (χ3v) is 2.70. The van der Waals surface area contributed by atoms with Gasteiger partial charge in [0.15, 0.2) is 0 Å². The molecule has 5 heteroatoms. The van der Waals surface area contributed by atoms with Gasteiger partial charge in [0.1, 0.15) is 5.75 Å². The maximum atomic E-state index is 9.35. The molecule has 0 bridgehead atoms. The second-order valence-corrected chi connectivity index (χ2v) is 3.86. The second kappa shape index (κ2) is 4.33. The van der Waals surface area contributed by atoms with E-state index in [0.717, 1.165) is 10.8 Å². The molecule has 0 unspecified atom stereocenters. The van der Waals surface area contributed by atoms with Crippen LogP contribution in [0.3, 0.4) is 0 Å². The lowest BCUT2D eigenvalue weighted by Crippen LogP contribution is -2.31. The minimum absolute atomic E-state index is 0.358. The monoisotopic (exact) mass is 236 g/mol. The molecule has 0 saturated carbocycles. The molecule has 2 aromatic carbocycles. The summed E-state index contributed by atoms with van der Waals surface area (Å²) in [6.45, 7) is 0. The molecule has 2 aromatic rings. The van der Waals surface area contributed by atoms with Crippen LogP contribution in [0.2, 0.25) is 5.02 Å². The lowest BCUT2D eigenvalue weighted by molar-refractivity contribution is 0.404. The zero-order chi connectivity index (χ0) is 11.7. The molecule has 0 aliphatic carbocycles. The Labute approximate surface area is 98.4 Å². The zero-order valence-electron chi connectivity index (χ0n) is 8.64. The Bertz CT molecular complexity index is 528. The summed E-state index contributed by atoms with van der Waals surface area (Å²) < 4.78 is 5.09. The maximum Gasteiger partial charge on any atom is 0.492 e. The van der Waals surface area contributed by atoms with Crippen LogP contribution >= 0.6 is 11.6 Å². The minimum Gasteiger partial charge on any atom is -0.497 e. The molecule has 0 radical (unpaired) electrons. The lowest BCUT2D eigenvalue weighted by Gasteiger charge is -2.11. The molecule has 0 fully saturated rings. The number of hydrogen-bond acceptors (Lipinski definition) is 3. The van der Waals surface area contributed by atoms with Crippen LogP contribution in [-0.4, -0.2) is 24.3 Å². The van der Waals surface area contributed by atoms with Gasteiger partial charge < -0.3 is 14.8 Å². The highest BCUT2D eigenvalue weighted by atomic mass is 35.5. The summed E-state index contributed by atoms with van der Waals surface area (Å²) in [7, 11) is -0.0806. The van der Waals surface area contributed by atoms with Gasteiger partial charge in [0.05, 0.1) is 7.11 Å². The quantitative estimate of drug-likeness (QED) is 0.770. The molecular formula is C11H10BClO3. The Morgan fingerprint density at radius 2 is 1.94 bits per heavy atom. The second-order valence-electron chi connectivity index (χ2n) is 3.42. The molecule has 2 rings (SSSR count). The van der Waals surface area contributed by atoms with Crippen molar-refractivity contribution in [3.8, 4) is 5.75 Å². The highest BCUT2D eigenvalue weighted by Crippen LogP contribution is 2.22. The molecule has 0 aliphatic rings. The van der Waals surface area contributed by atoms with Crippen molar-refractivity contribution < 1.29 is 14.8 Å². The van der Waals surface area contributed by atoms with E-state index in [-0.39, 0.29) is 0 Å². The fraction of sp³-hybridized carbons (Fsp3) is 0.0909. The average Bonchev–Trinajstić information content (AvgIpc) is 2.26. The minimum atomic E-state index is -1.57. The van der Waals surface area contributed by atoms with E-state index in [1.165, 1.54) is 7.11 Å². The number of ether oxygens (including phenoxy) is 1. The van der Waals surface area contributed by atoms with Crippen LogP contribution < -0.4 is 10.2 Å². The van der Waals surface area contributed by atoms with Crippen LogP contribution in [0.1, 0.15) is 0 Å². The number of rotatable bonds is 2. The topological polar surface area (TPSA) is 49.7 Å². The van der Waals surface area contributed by atoms with Crippen molar-refractivity contribution in [2.75, 3.05) is 7.11 Å². The molecule has 0 saturated heterocycles. The number of hydrogen-bond donors (Lipinski definition) is 2. The Morgan fingerprint density at radius 3 is 2.56 bits per heavy atom. The molecular weight excluding hydrogens is 226 g/mol. The Hall–Kier alpha value is -1.23. The first-order valence-electron chi connectivity index (χ1n) is 4.76. The standard InChI is InChI=1S/C11H10BClO3/c1-16-10-5-2-7-6-8(13)3-4-9(7)11(10)12(14)15/h2-6,14-15H,1H3. The molecule has 0 atom stereocenters. The molecule has 0 aliphatic heterocycles. The summed E-state index contributed by atoms with van der Waals surface area (Å²) in [6, 6.07) is 8.73. The highest BCUT2D eigenvalue weighted by molar-refractivity contribution is 6.63. The van der Waals surface area contributed by atoms with Crippen molar-refractivity contribution in [2.24, 2.45) is 0 Å². The van der Waals surface area contributed by atoms with Crippen LogP contribution in [0, 0.1) is 0 Å². The predicted octanol–water partition coefficient (Wildman–Crippen LogP) is 1.18. The van der Waals surface area contributed by atoms with Gasteiger partial charge in [-0.1, -0.05) is 23.7 Å². The molecule has 0 aromatic heterocycles. The number of halogens is 1. The summed E-state index contributed by atoms with van der Waals surface area (Å²) in [6.07, 6.45) is 0. The van der Waals surface area contributed by atoms with Gasteiger partial charge in [-0.15, -0.1) is 0 Å². The van der Waals surface area contributed by atoms with Crippen molar-refractivity contribution in [2.45, 2.75) is 0 Å². The lowest BCUT2D eigenvalue weighted by atomic mass is 9.76. The van der Waals surface area contributed by atoms with Crippen molar-refractivity contribution in [1.82, 2.24) is 0 Å². The summed E-state index contributed by atoms with van der Waals surface area (Å²) in [5.41, 5.74) is 0.358. The van der Waals surface area contributed by atoms with Crippen LogP contribution in [0.15, 0.2) is 30.3 Å². The van der Waals surface area contributed by atoms with Gasteiger partial charge in [-0.2, -0.15) is 0 Å². The van der Waals surface area contributed by atoms with E-state index in [1.807, 2.05) is 6.07 Å². The van der Waals surface area contributed by atoms with Gasteiger partial charge in [0.25, 0.3) is 0 Å². The first kappa shape index (κ1) is 11.3. The third-order valence-electron chi connectivity index (χ3n) is 2.46. The summed E-state index contributed by atoms with van der Waals surface area (Å²) in [4.78, 5) is 0. The van der Waals surface area contributed by atoms with E-state index in [1.54, 1.807) is 24.3 Å². The van der Waals surface area contributed by atoms with Crippen molar-refractivity contribution in [1.29, 1.82) is 0 Å². The average molecular weight is 236 g/mol. The summed E-state index contributed by atoms with van der Waals surface area (Å²) in [5, 5.41) is 20.9. The van der Waals surface area contributed by atoms with Crippen LogP contribution in [-0.2, 0) is 0 Å². The summed E-state index contributed by atoms with van der Waals surface area (Å²) >= 11 is 5.87. The van der Waals surface area contributed by atoms with E-state index < -0.39 is 7.12 Å². The SMILES string of the molecule is COc1ccc2cc(Cl)ccc2c1B(O)O. The van der Waals surface area contributed by atoms with E-state index >= 15 is 0 Å². The van der Waals surface area contributed by atoms with Gasteiger partial charge in [-0.25, -0.2) is 0 Å². The Balaban J connectivity index is 2.79. The highest BCUT2D eigenvalue weighted by Gasteiger charge is 2.20. The van der Waals surface area contributed by atoms with Crippen molar-refractivity contribution >= 4 is 35.0 Å². The number of methoxy groups -OCH3 is 1. The van der Waals surface area contributed by atoms with Gasteiger partial charge in [-0.3, -0.25) is 0 Å². The fourth-order valence-corrected chi connectivity index (χ4v) is 1.93. The molecule has 2 N–H and O–H groups in total. The smallest absolute Gasteiger partial charge is 0.492 e. The van der Waals surface area contributed by atoms with Crippen LogP contribution in [0.4, 0.5) is 0 Å². The zero-order valence-corrected chi connectivity index (χ0v) is 9.40. The number of fused-ring (bicyclic) bond motifs is 1. The van der Waals surface area contributed by atoms with E-state index in [0.29, 0.717) is 16.2 Å². The van der Waals surface area contributed by atoms with Crippen LogP contribution in [0.25, 0.3) is 10.8 Å². The first-order chi connectivity index (χ1) is 7.63. The Kier molecular flexibility index (Phi) is 3.05. The Morgan fingerprint density at radius 1 is 1.19 bits per heavy atom. The predicted molar refractivity (Wildman–Crippen MR) is 65.3 cm³/mol. The normalized spacial score (nSPS) is 10.5.